The molecule has 4 aliphatic rings. The van der Waals surface area contributed by atoms with Crippen molar-refractivity contribution in [3.63, 3.8) is 0 Å². The minimum Gasteiger partial charge on any atom is -0.507 e. The molecule has 1 heterocycles. The number of amides is 2. The minimum absolute atomic E-state index is 0.0232. The number of carbonyl (C=O) groups is 4. The van der Waals surface area contributed by atoms with Crippen molar-refractivity contribution in [3.8, 4) is 11.5 Å². The number of nitro groups is 2. The molecule has 2 amide bonds. The number of halogens is 1. The van der Waals surface area contributed by atoms with Gasteiger partial charge < -0.3 is 14.7 Å². The van der Waals surface area contributed by atoms with Crippen LogP contribution in [0.3, 0.4) is 0 Å². The quantitative estimate of drug-likeness (QED) is 0.150. The molecule has 1 fully saturated rings. The van der Waals surface area contributed by atoms with E-state index in [1.54, 1.807) is 18.2 Å². The summed E-state index contributed by atoms with van der Waals surface area (Å²) in [5.41, 5.74) is -0.931. The molecule has 236 valence electrons. The molecule has 2 aromatic rings. The predicted molar refractivity (Wildman–Crippen MR) is 166 cm³/mol. The largest absolute Gasteiger partial charge is 0.507 e. The van der Waals surface area contributed by atoms with Crippen LogP contribution in [0.2, 0.25) is 0 Å². The number of carbonyl (C=O) groups excluding carboxylic acids is 4. The molecule has 15 heteroatoms. The average molecular weight is 693 g/mol. The van der Waals surface area contributed by atoms with Gasteiger partial charge in [0.25, 0.3) is 0 Å². The standard InChI is InChI=1S/C31H25BrN4O10/c1-33(2)28-19(35(42)43)9-13(10-20(28)36(44)45)34-30(40)15-8-7-14-16(24(15)31(34)41)11-17-25(22(38)12-18(32)29(17)39)26(14)27-21(37)5-4-6-23(27)46-3/h4-7,9-10,12,15-16,24,26,37H,8,11H2,1-3H3/t15-,16+,24-,26-/m0/s1. The van der Waals surface area contributed by atoms with Gasteiger partial charge >= 0.3 is 11.4 Å². The van der Waals surface area contributed by atoms with E-state index in [1.807, 2.05) is 0 Å². The van der Waals surface area contributed by atoms with E-state index in [0.717, 1.165) is 23.1 Å². The molecular weight excluding hydrogens is 668 g/mol. The van der Waals surface area contributed by atoms with E-state index >= 15 is 0 Å². The van der Waals surface area contributed by atoms with Crippen molar-refractivity contribution in [2.75, 3.05) is 31.0 Å². The third-order valence-electron chi connectivity index (χ3n) is 9.04. The van der Waals surface area contributed by atoms with Gasteiger partial charge in [0.2, 0.25) is 11.8 Å². The number of fused-ring (bicyclic) bond motifs is 3. The highest BCUT2D eigenvalue weighted by atomic mass is 79.9. The molecule has 3 aliphatic carbocycles. The van der Waals surface area contributed by atoms with Gasteiger partial charge in [0.1, 0.15) is 11.5 Å². The van der Waals surface area contributed by atoms with Crippen LogP contribution in [0.5, 0.6) is 11.5 Å². The fourth-order valence-corrected chi connectivity index (χ4v) is 7.70. The van der Waals surface area contributed by atoms with Crippen LogP contribution >= 0.6 is 15.9 Å². The second-order valence-electron chi connectivity index (χ2n) is 11.5. The van der Waals surface area contributed by atoms with E-state index in [2.05, 4.69) is 15.9 Å². The molecule has 4 atom stereocenters. The number of hydrogen-bond acceptors (Lipinski definition) is 11. The molecule has 46 heavy (non-hydrogen) atoms. The van der Waals surface area contributed by atoms with Crippen molar-refractivity contribution in [3.05, 3.63) is 89.5 Å². The highest BCUT2D eigenvalue weighted by Gasteiger charge is 2.57. The van der Waals surface area contributed by atoms with Crippen LogP contribution in [-0.2, 0) is 19.2 Å². The summed E-state index contributed by atoms with van der Waals surface area (Å²) in [5.74, 6) is -6.15. The number of nitrogens with zero attached hydrogens (tertiary/aromatic N) is 4. The van der Waals surface area contributed by atoms with Crippen molar-refractivity contribution in [2.45, 2.75) is 18.8 Å². The molecule has 1 N–H and O–H groups in total. The maximum absolute atomic E-state index is 14.3. The number of rotatable bonds is 6. The van der Waals surface area contributed by atoms with E-state index < -0.39 is 68.3 Å². The normalized spacial score (nSPS) is 23.8. The van der Waals surface area contributed by atoms with Crippen molar-refractivity contribution < 1.29 is 38.9 Å². The maximum atomic E-state index is 14.3. The highest BCUT2D eigenvalue weighted by Crippen LogP contribution is 2.58. The summed E-state index contributed by atoms with van der Waals surface area (Å²) in [7, 11) is 4.19. The van der Waals surface area contributed by atoms with E-state index in [9.17, 15) is 44.5 Å². The van der Waals surface area contributed by atoms with Gasteiger partial charge in [0.15, 0.2) is 17.3 Å². The van der Waals surface area contributed by atoms with Crippen LogP contribution < -0.4 is 14.5 Å². The lowest BCUT2D eigenvalue weighted by atomic mass is 9.59. The predicted octanol–water partition coefficient (Wildman–Crippen LogP) is 4.25. The Hall–Kier alpha value is -5.18. The molecule has 0 spiro atoms. The van der Waals surface area contributed by atoms with E-state index in [4.69, 9.17) is 4.74 Å². The second kappa shape index (κ2) is 11.0. The number of aromatic hydroxyl groups is 1. The van der Waals surface area contributed by atoms with Gasteiger partial charge in [-0.05, 0) is 46.8 Å². The lowest BCUT2D eigenvalue weighted by molar-refractivity contribution is -0.392. The number of hydrogen-bond donors (Lipinski definition) is 1. The molecule has 0 bridgehead atoms. The van der Waals surface area contributed by atoms with Crippen LogP contribution in [-0.4, -0.2) is 59.5 Å². The molecule has 14 nitrogen and oxygen atoms in total. The Bertz CT molecular complexity index is 1880. The third kappa shape index (κ3) is 4.44. The first-order chi connectivity index (χ1) is 21.8. The average Bonchev–Trinajstić information content (AvgIpc) is 3.27. The monoisotopic (exact) mass is 692 g/mol. The first-order valence-electron chi connectivity index (χ1n) is 14.0. The number of nitro benzene ring substituents is 2. The molecule has 0 radical (unpaired) electrons. The summed E-state index contributed by atoms with van der Waals surface area (Å²) in [4.78, 5) is 79.4. The van der Waals surface area contributed by atoms with Gasteiger partial charge in [-0.25, -0.2) is 4.90 Å². The van der Waals surface area contributed by atoms with Crippen LogP contribution in [0.4, 0.5) is 22.7 Å². The van der Waals surface area contributed by atoms with Crippen molar-refractivity contribution in [2.24, 2.45) is 17.8 Å². The molecule has 1 aliphatic heterocycles. The fraction of sp³-hybridized carbons (Fsp3) is 0.290. The zero-order valence-corrected chi connectivity index (χ0v) is 26.1. The number of Topliss-reactive ketones (excluding diaryl/α,β-unsaturated/α-hetero) is 1. The van der Waals surface area contributed by atoms with Crippen molar-refractivity contribution >= 4 is 62.1 Å². The number of anilines is 2. The summed E-state index contributed by atoms with van der Waals surface area (Å²) in [5, 5.41) is 35.0. The highest BCUT2D eigenvalue weighted by molar-refractivity contribution is 9.12. The molecule has 0 aromatic heterocycles. The molecule has 6 rings (SSSR count). The lowest BCUT2D eigenvalue weighted by Crippen LogP contribution is -2.39. The molecule has 2 aromatic carbocycles. The summed E-state index contributed by atoms with van der Waals surface area (Å²) in [6.07, 6.45) is 2.85. The molecule has 1 saturated heterocycles. The Kier molecular flexibility index (Phi) is 7.38. The molecule has 0 saturated carbocycles. The number of phenols is 1. The zero-order chi connectivity index (χ0) is 33.4. The summed E-state index contributed by atoms with van der Waals surface area (Å²) in [6, 6.07) is 6.49. The molecule has 0 unspecified atom stereocenters. The second-order valence-corrected chi connectivity index (χ2v) is 12.4. The third-order valence-corrected chi connectivity index (χ3v) is 9.63. The summed E-state index contributed by atoms with van der Waals surface area (Å²) >= 11 is 3.16. The number of imide groups is 1. The summed E-state index contributed by atoms with van der Waals surface area (Å²) < 4.78 is 5.56. The minimum atomic E-state index is -1.07. The van der Waals surface area contributed by atoms with Gasteiger partial charge in [0, 0.05) is 54.9 Å². The van der Waals surface area contributed by atoms with Crippen LogP contribution in [0.25, 0.3) is 0 Å². The van der Waals surface area contributed by atoms with E-state index in [0.29, 0.717) is 5.57 Å². The van der Waals surface area contributed by atoms with Crippen LogP contribution in [0.15, 0.2) is 63.7 Å². The number of ether oxygens (including phenoxy) is 1. The Morgan fingerprint density at radius 2 is 1.67 bits per heavy atom. The van der Waals surface area contributed by atoms with Gasteiger partial charge in [-0.2, -0.15) is 0 Å². The summed E-state index contributed by atoms with van der Waals surface area (Å²) in [6.45, 7) is 0. The van der Waals surface area contributed by atoms with Gasteiger partial charge in [-0.3, -0.25) is 39.4 Å². The van der Waals surface area contributed by atoms with Gasteiger partial charge in [-0.15, -0.1) is 0 Å². The number of methoxy groups -OCH3 is 1. The van der Waals surface area contributed by atoms with Crippen molar-refractivity contribution in [1.29, 1.82) is 0 Å². The topological polar surface area (TPSA) is 190 Å². The zero-order valence-electron chi connectivity index (χ0n) is 24.6. The van der Waals surface area contributed by atoms with E-state index in [1.165, 1.54) is 32.2 Å². The first-order valence-corrected chi connectivity index (χ1v) is 14.8. The van der Waals surface area contributed by atoms with Gasteiger partial charge in [0.05, 0.1) is 39.0 Å². The Morgan fingerprint density at radius 1 is 1.02 bits per heavy atom. The number of allylic oxidation sites excluding steroid dienone is 6. The SMILES string of the molecule is COc1cccc(O)c1[C@H]1C2=CC[C@@H]3C(=O)N(c4cc([N+](=O)[O-])c(N(C)C)c([N+](=O)[O-])c4)C(=O)[C@@H]3[C@@H]2CC2=C1C(=O)C=C(Br)C2=O. The Morgan fingerprint density at radius 3 is 2.26 bits per heavy atom. The number of phenolic OH excluding ortho intramolecular Hbond substituents is 1. The lowest BCUT2D eigenvalue weighted by Gasteiger charge is -2.42. The maximum Gasteiger partial charge on any atom is 0.301 e. The Balaban J connectivity index is 1.51. The first kappa shape index (κ1) is 30.8. The fourth-order valence-electron chi connectivity index (χ4n) is 7.25. The smallest absolute Gasteiger partial charge is 0.301 e. The number of benzene rings is 2. The van der Waals surface area contributed by atoms with Crippen LogP contribution in [0, 0.1) is 38.0 Å². The van der Waals surface area contributed by atoms with Crippen LogP contribution in [0.1, 0.15) is 24.3 Å². The molecular formula is C31H25BrN4O10. The van der Waals surface area contributed by atoms with Gasteiger partial charge in [-0.1, -0.05) is 17.7 Å². The Labute approximate surface area is 269 Å². The van der Waals surface area contributed by atoms with E-state index in [-0.39, 0.29) is 56.9 Å². The number of ketones is 2. The van der Waals surface area contributed by atoms with Crippen molar-refractivity contribution in [1.82, 2.24) is 0 Å².